The Morgan fingerprint density at radius 3 is 2.43 bits per heavy atom. The molecule has 4 aromatic carbocycles. The lowest BCUT2D eigenvalue weighted by Gasteiger charge is -2.34. The Kier molecular flexibility index (Phi) is 8.86. The number of hydrogen-bond donors (Lipinski definition) is 3. The molecule has 242 valence electrons. The van der Waals surface area contributed by atoms with E-state index in [2.05, 4.69) is 43.7 Å². The highest BCUT2D eigenvalue weighted by molar-refractivity contribution is 6.11. The van der Waals surface area contributed by atoms with E-state index < -0.39 is 11.6 Å². The molecule has 8 nitrogen and oxygen atoms in total. The number of benzene rings is 4. The molecule has 0 spiro atoms. The number of piperazine rings is 1. The number of anilines is 3. The highest BCUT2D eigenvalue weighted by Gasteiger charge is 2.22. The van der Waals surface area contributed by atoms with Crippen LogP contribution in [0.2, 0.25) is 0 Å². The smallest absolute Gasteiger partial charge is 0.258 e. The first-order valence-electron chi connectivity index (χ1n) is 16.1. The second-order valence-electron chi connectivity index (χ2n) is 12.5. The normalized spacial score (nSPS) is 16.0. The van der Waals surface area contributed by atoms with Gasteiger partial charge in [0, 0.05) is 68.3 Å². The quantitative estimate of drug-likeness (QED) is 0.176. The van der Waals surface area contributed by atoms with E-state index in [1.54, 1.807) is 0 Å². The van der Waals surface area contributed by atoms with Crippen LogP contribution in [0.3, 0.4) is 0 Å². The molecule has 2 aliphatic heterocycles. The number of carbonyl (C=O) groups excluding carboxylic acids is 1. The van der Waals surface area contributed by atoms with Crippen LogP contribution < -0.4 is 15.5 Å². The summed E-state index contributed by atoms with van der Waals surface area (Å²) in [5.74, 6) is -1.14. The van der Waals surface area contributed by atoms with Crippen LogP contribution in [0.25, 0.3) is 22.0 Å². The number of likely N-dealkylation sites (N-methyl/N-ethyl adjacent to an activating group) is 1. The van der Waals surface area contributed by atoms with Crippen molar-refractivity contribution in [2.45, 2.75) is 25.3 Å². The maximum absolute atomic E-state index is 14.1. The lowest BCUT2D eigenvalue weighted by Crippen LogP contribution is -2.44. The van der Waals surface area contributed by atoms with Crippen LogP contribution in [0.15, 0.2) is 78.9 Å². The van der Waals surface area contributed by atoms with Gasteiger partial charge in [-0.15, -0.1) is 0 Å². The zero-order valence-electron chi connectivity index (χ0n) is 26.4. The van der Waals surface area contributed by atoms with E-state index in [0.717, 1.165) is 78.7 Å². The van der Waals surface area contributed by atoms with Gasteiger partial charge in [0.25, 0.3) is 5.91 Å². The second kappa shape index (κ2) is 13.5. The number of nitrogens with one attached hydrogen (secondary N) is 3. The first-order chi connectivity index (χ1) is 22.9. The molecular formula is C37H38F2N6O2. The Labute approximate surface area is 272 Å². The number of nitrogens with zero attached hydrogens (tertiary/aromatic N) is 3. The van der Waals surface area contributed by atoms with Gasteiger partial charge in [-0.25, -0.2) is 8.78 Å². The van der Waals surface area contributed by atoms with Crippen molar-refractivity contribution in [2.24, 2.45) is 0 Å². The number of hydrogen-bond acceptors (Lipinski definition) is 6. The van der Waals surface area contributed by atoms with Crippen molar-refractivity contribution < 1.29 is 18.3 Å². The molecule has 10 heteroatoms. The lowest BCUT2D eigenvalue weighted by atomic mass is 9.93. The van der Waals surface area contributed by atoms with Crippen LogP contribution in [0.4, 0.5) is 26.0 Å². The Balaban J connectivity index is 1.22. The summed E-state index contributed by atoms with van der Waals surface area (Å²) in [5, 5.41) is 15.0. The average Bonchev–Trinajstić information content (AvgIpc) is 3.46. The summed E-state index contributed by atoms with van der Waals surface area (Å²) < 4.78 is 33.8. The number of rotatable bonds is 8. The number of H-pyrrole nitrogens is 1. The van der Waals surface area contributed by atoms with Crippen molar-refractivity contribution in [2.75, 3.05) is 62.0 Å². The highest BCUT2D eigenvalue weighted by Crippen LogP contribution is 2.34. The Morgan fingerprint density at radius 1 is 0.936 bits per heavy atom. The fraction of sp³-hybridized carbons (Fsp3) is 0.297. The predicted molar refractivity (Wildman–Crippen MR) is 182 cm³/mol. The molecule has 0 atom stereocenters. The van der Waals surface area contributed by atoms with Crippen molar-refractivity contribution >= 4 is 34.0 Å². The van der Waals surface area contributed by atoms with Crippen molar-refractivity contribution in [3.05, 3.63) is 107 Å². The van der Waals surface area contributed by atoms with Gasteiger partial charge in [-0.1, -0.05) is 30.3 Å². The number of halogens is 2. The minimum atomic E-state index is -0.623. The third-order valence-corrected chi connectivity index (χ3v) is 9.12. The van der Waals surface area contributed by atoms with Gasteiger partial charge in [0.2, 0.25) is 0 Å². The number of fused-ring (bicyclic) bond motifs is 1. The zero-order chi connectivity index (χ0) is 32.3. The molecule has 2 fully saturated rings. The molecule has 7 rings (SSSR count). The van der Waals surface area contributed by atoms with Gasteiger partial charge >= 0.3 is 0 Å². The van der Waals surface area contributed by atoms with Crippen LogP contribution in [-0.2, 0) is 11.2 Å². The number of carbonyl (C=O) groups is 1. The van der Waals surface area contributed by atoms with E-state index in [0.29, 0.717) is 42.0 Å². The molecule has 0 aliphatic carbocycles. The number of amides is 1. The van der Waals surface area contributed by atoms with Crippen LogP contribution >= 0.6 is 0 Å². The topological polar surface area (TPSA) is 85.5 Å². The van der Waals surface area contributed by atoms with Crippen molar-refractivity contribution in [1.82, 2.24) is 15.1 Å². The standard InChI is InChI=1S/C37H38F2N6O2/c1-44-11-13-45(14-12-44)30-7-8-31(34(22-30)40-29-9-15-47-16-10-29)37(46)41-36-33-20-26(17-24-18-27(38)21-28(39)19-24)32(23-35(33)42-43-36)25-5-3-2-4-6-25/h2-8,18-23,29,40H,9-17H2,1H3,(H2,41,42,43,46). The van der Waals surface area contributed by atoms with Crippen LogP contribution in [0, 0.1) is 11.6 Å². The molecular weight excluding hydrogens is 598 g/mol. The first-order valence-corrected chi connectivity index (χ1v) is 16.1. The summed E-state index contributed by atoms with van der Waals surface area (Å²) in [5.41, 5.74) is 6.37. The molecule has 1 amide bonds. The highest BCUT2D eigenvalue weighted by atomic mass is 19.1. The number of aromatic amines is 1. The van der Waals surface area contributed by atoms with E-state index >= 15 is 0 Å². The molecule has 2 aliphatic rings. The summed E-state index contributed by atoms with van der Waals surface area (Å²) in [4.78, 5) is 18.6. The molecule has 0 bridgehead atoms. The third kappa shape index (κ3) is 6.99. The SMILES string of the molecule is CN1CCN(c2ccc(C(=O)Nc3n[nH]c4cc(-c5ccccc5)c(Cc5cc(F)cc(F)c5)cc34)c(NC3CCOCC3)c2)CC1. The van der Waals surface area contributed by atoms with Crippen LogP contribution in [0.5, 0.6) is 0 Å². The van der Waals surface area contributed by atoms with Gasteiger partial charge in [-0.3, -0.25) is 9.89 Å². The van der Waals surface area contributed by atoms with E-state index in [1.807, 2.05) is 54.6 Å². The molecule has 3 N–H and O–H groups in total. The molecule has 47 heavy (non-hydrogen) atoms. The fourth-order valence-electron chi connectivity index (χ4n) is 6.52. The van der Waals surface area contributed by atoms with Gasteiger partial charge in [0.15, 0.2) is 5.82 Å². The molecule has 3 heterocycles. The summed E-state index contributed by atoms with van der Waals surface area (Å²) in [6.45, 7) is 5.19. The van der Waals surface area contributed by atoms with Crippen molar-refractivity contribution in [1.29, 1.82) is 0 Å². The van der Waals surface area contributed by atoms with Crippen molar-refractivity contribution in [3.8, 4) is 11.1 Å². The Hall–Kier alpha value is -4.80. The third-order valence-electron chi connectivity index (χ3n) is 9.12. The first kappa shape index (κ1) is 30.8. The molecule has 0 unspecified atom stereocenters. The molecule has 1 aromatic heterocycles. The van der Waals surface area contributed by atoms with Gasteiger partial charge in [0.05, 0.1) is 11.1 Å². The minimum absolute atomic E-state index is 0.205. The summed E-state index contributed by atoms with van der Waals surface area (Å²) in [7, 11) is 2.13. The largest absolute Gasteiger partial charge is 0.381 e. The van der Waals surface area contributed by atoms with Crippen molar-refractivity contribution in [3.63, 3.8) is 0 Å². The lowest BCUT2D eigenvalue weighted by molar-refractivity contribution is 0.0904. The van der Waals surface area contributed by atoms with E-state index in [1.165, 1.54) is 12.1 Å². The maximum atomic E-state index is 14.1. The maximum Gasteiger partial charge on any atom is 0.258 e. The van der Waals surface area contributed by atoms with Crippen LogP contribution in [-0.4, -0.2) is 73.5 Å². The Bertz CT molecular complexity index is 1860. The molecule has 0 saturated carbocycles. The zero-order valence-corrected chi connectivity index (χ0v) is 26.4. The van der Waals surface area contributed by atoms with Gasteiger partial charge < -0.3 is 25.2 Å². The van der Waals surface area contributed by atoms with Crippen LogP contribution in [0.1, 0.15) is 34.3 Å². The van der Waals surface area contributed by atoms with E-state index in [-0.39, 0.29) is 11.9 Å². The van der Waals surface area contributed by atoms with E-state index in [4.69, 9.17) is 4.74 Å². The summed E-state index contributed by atoms with van der Waals surface area (Å²) in [6.07, 6.45) is 2.03. The van der Waals surface area contributed by atoms with E-state index in [9.17, 15) is 13.6 Å². The number of ether oxygens (including phenoxy) is 1. The fourth-order valence-corrected chi connectivity index (χ4v) is 6.52. The minimum Gasteiger partial charge on any atom is -0.381 e. The Morgan fingerprint density at radius 2 is 1.68 bits per heavy atom. The average molecular weight is 637 g/mol. The molecule has 5 aromatic rings. The number of aromatic nitrogens is 2. The molecule has 0 radical (unpaired) electrons. The second-order valence-corrected chi connectivity index (χ2v) is 12.5. The van der Waals surface area contributed by atoms with Gasteiger partial charge in [0.1, 0.15) is 11.6 Å². The predicted octanol–water partition coefficient (Wildman–Crippen LogP) is 6.69. The monoisotopic (exact) mass is 636 g/mol. The summed E-state index contributed by atoms with van der Waals surface area (Å²) in [6, 6.07) is 23.5. The molecule has 2 saturated heterocycles. The van der Waals surface area contributed by atoms with Gasteiger partial charge in [-0.05, 0) is 91.0 Å². The summed E-state index contributed by atoms with van der Waals surface area (Å²) >= 11 is 0. The van der Waals surface area contributed by atoms with Gasteiger partial charge in [-0.2, -0.15) is 5.10 Å².